The van der Waals surface area contributed by atoms with Gasteiger partial charge in [-0.25, -0.2) is 4.98 Å². The summed E-state index contributed by atoms with van der Waals surface area (Å²) >= 11 is 1.37. The van der Waals surface area contributed by atoms with Crippen molar-refractivity contribution in [1.82, 2.24) is 25.4 Å². The Morgan fingerprint density at radius 2 is 1.90 bits per heavy atom. The van der Waals surface area contributed by atoms with E-state index in [1.165, 1.54) is 16.2 Å². The highest BCUT2D eigenvalue weighted by molar-refractivity contribution is 7.13. The second-order valence-corrected chi connectivity index (χ2v) is 9.23. The van der Waals surface area contributed by atoms with Crippen LogP contribution in [0.5, 0.6) is 0 Å². The number of carbonyl (C=O) groups is 4. The SMILES string of the molecule is CN1CCc2nc(C(=O)N[C@@H]3C[C@@H](C(=O)N(C)C)CC[C@@H]3NC(=O)C(N)=O)sc2C1. The summed E-state index contributed by atoms with van der Waals surface area (Å²) in [4.78, 5) is 57.6. The summed E-state index contributed by atoms with van der Waals surface area (Å²) in [6.07, 6.45) is 2.16. The molecule has 164 valence electrons. The van der Waals surface area contributed by atoms with Crippen LogP contribution in [0.2, 0.25) is 0 Å². The number of hydrogen-bond donors (Lipinski definition) is 3. The van der Waals surface area contributed by atoms with Crippen LogP contribution in [0.3, 0.4) is 0 Å². The van der Waals surface area contributed by atoms with Gasteiger partial charge < -0.3 is 26.2 Å². The lowest BCUT2D eigenvalue weighted by atomic mass is 9.81. The highest BCUT2D eigenvalue weighted by Gasteiger charge is 2.37. The second kappa shape index (κ2) is 9.09. The van der Waals surface area contributed by atoms with Gasteiger partial charge >= 0.3 is 11.8 Å². The predicted molar refractivity (Wildman–Crippen MR) is 111 cm³/mol. The first-order valence-electron chi connectivity index (χ1n) is 9.95. The molecule has 3 atom stereocenters. The summed E-state index contributed by atoms with van der Waals surface area (Å²) in [5, 5.41) is 5.89. The van der Waals surface area contributed by atoms with Crippen molar-refractivity contribution in [3.05, 3.63) is 15.6 Å². The molecule has 1 saturated carbocycles. The van der Waals surface area contributed by atoms with Crippen LogP contribution < -0.4 is 16.4 Å². The zero-order valence-electron chi connectivity index (χ0n) is 17.4. The summed E-state index contributed by atoms with van der Waals surface area (Å²) in [5.41, 5.74) is 6.01. The van der Waals surface area contributed by atoms with Gasteiger partial charge in [0.1, 0.15) is 0 Å². The Balaban J connectivity index is 1.75. The van der Waals surface area contributed by atoms with E-state index in [9.17, 15) is 19.2 Å². The van der Waals surface area contributed by atoms with Crippen molar-refractivity contribution in [2.75, 3.05) is 27.7 Å². The van der Waals surface area contributed by atoms with Crippen LogP contribution in [0.1, 0.15) is 39.6 Å². The number of carbonyl (C=O) groups excluding carboxylic acids is 4. The Labute approximate surface area is 179 Å². The maximum Gasteiger partial charge on any atom is 0.309 e. The molecule has 2 aliphatic rings. The van der Waals surface area contributed by atoms with E-state index in [-0.39, 0.29) is 17.7 Å². The monoisotopic (exact) mass is 436 g/mol. The van der Waals surface area contributed by atoms with Crippen molar-refractivity contribution in [2.45, 2.75) is 44.3 Å². The Morgan fingerprint density at radius 1 is 1.17 bits per heavy atom. The van der Waals surface area contributed by atoms with Gasteiger partial charge in [-0.15, -0.1) is 11.3 Å². The van der Waals surface area contributed by atoms with Crippen molar-refractivity contribution in [1.29, 1.82) is 0 Å². The van der Waals surface area contributed by atoms with Gasteiger partial charge in [0.2, 0.25) is 5.91 Å². The molecule has 4 N–H and O–H groups in total. The van der Waals surface area contributed by atoms with Gasteiger partial charge in [-0.1, -0.05) is 0 Å². The van der Waals surface area contributed by atoms with Crippen LogP contribution in [0, 0.1) is 5.92 Å². The summed E-state index contributed by atoms with van der Waals surface area (Å²) < 4.78 is 0. The lowest BCUT2D eigenvalue weighted by Gasteiger charge is -2.36. The van der Waals surface area contributed by atoms with Crippen molar-refractivity contribution < 1.29 is 19.2 Å². The van der Waals surface area contributed by atoms with Crippen LogP contribution in [-0.2, 0) is 27.3 Å². The van der Waals surface area contributed by atoms with Gasteiger partial charge in [0.25, 0.3) is 5.91 Å². The Kier molecular flexibility index (Phi) is 6.71. The number of aromatic nitrogens is 1. The summed E-state index contributed by atoms with van der Waals surface area (Å²) in [7, 11) is 5.40. The highest BCUT2D eigenvalue weighted by atomic mass is 32.1. The molecule has 1 aromatic rings. The minimum absolute atomic E-state index is 0.0262. The van der Waals surface area contributed by atoms with Gasteiger partial charge in [0.15, 0.2) is 5.01 Å². The zero-order valence-corrected chi connectivity index (χ0v) is 18.3. The standard InChI is InChI=1S/C19H28N6O4S/c1-24(2)19(29)10-4-5-11(21-16(27)15(20)26)13(8-10)22-17(28)18-23-12-6-7-25(3)9-14(12)30-18/h10-11,13H,4-9H2,1-3H3,(H2,20,26)(H,21,27)(H,22,28)/t10-,11-,13+/m0/s1. The lowest BCUT2D eigenvalue weighted by molar-refractivity contribution is -0.138. The summed E-state index contributed by atoms with van der Waals surface area (Å²) in [5.74, 6) is -2.61. The zero-order chi connectivity index (χ0) is 22.0. The number of nitrogens with one attached hydrogen (secondary N) is 2. The Hall–Kier alpha value is -2.53. The topological polar surface area (TPSA) is 138 Å². The van der Waals surface area contributed by atoms with Crippen LogP contribution in [0.4, 0.5) is 0 Å². The number of amides is 4. The van der Waals surface area contributed by atoms with E-state index in [1.54, 1.807) is 14.1 Å². The van der Waals surface area contributed by atoms with Crippen LogP contribution >= 0.6 is 11.3 Å². The fraction of sp³-hybridized carbons (Fsp3) is 0.632. The second-order valence-electron chi connectivity index (χ2n) is 8.14. The van der Waals surface area contributed by atoms with Gasteiger partial charge in [-0.3, -0.25) is 19.2 Å². The third-order valence-electron chi connectivity index (χ3n) is 5.61. The molecular weight excluding hydrogens is 408 g/mol. The van der Waals surface area contributed by atoms with E-state index in [0.717, 1.165) is 30.1 Å². The van der Waals surface area contributed by atoms with E-state index in [1.807, 2.05) is 7.05 Å². The normalized spacial score (nSPS) is 23.9. The maximum atomic E-state index is 12.9. The molecule has 1 aliphatic heterocycles. The summed E-state index contributed by atoms with van der Waals surface area (Å²) in [6.45, 7) is 1.66. The first-order valence-corrected chi connectivity index (χ1v) is 10.8. The van der Waals surface area contributed by atoms with Crippen LogP contribution in [0.15, 0.2) is 0 Å². The molecule has 0 unspecified atom stereocenters. The molecule has 4 amide bonds. The number of primary amides is 1. The molecule has 0 radical (unpaired) electrons. The fourth-order valence-electron chi connectivity index (χ4n) is 3.98. The third-order valence-corrected chi connectivity index (χ3v) is 6.69. The number of fused-ring (bicyclic) bond motifs is 1. The van der Waals surface area contributed by atoms with E-state index in [0.29, 0.717) is 24.3 Å². The number of rotatable bonds is 4. The predicted octanol–water partition coefficient (Wildman–Crippen LogP) is -0.912. The van der Waals surface area contributed by atoms with Gasteiger partial charge in [-0.2, -0.15) is 0 Å². The van der Waals surface area contributed by atoms with E-state index >= 15 is 0 Å². The van der Waals surface area contributed by atoms with Crippen molar-refractivity contribution in [2.24, 2.45) is 11.7 Å². The minimum Gasteiger partial charge on any atom is -0.361 e. The fourth-order valence-corrected chi connectivity index (χ4v) is 5.07. The Morgan fingerprint density at radius 3 is 2.57 bits per heavy atom. The van der Waals surface area contributed by atoms with Crippen molar-refractivity contribution in [3.8, 4) is 0 Å². The average Bonchev–Trinajstić information content (AvgIpc) is 3.11. The molecule has 1 aliphatic carbocycles. The largest absolute Gasteiger partial charge is 0.361 e. The number of hydrogen-bond acceptors (Lipinski definition) is 7. The van der Waals surface area contributed by atoms with E-state index in [2.05, 4.69) is 20.5 Å². The molecule has 2 heterocycles. The number of thiazole rings is 1. The lowest BCUT2D eigenvalue weighted by Crippen LogP contribution is -2.57. The number of likely N-dealkylation sites (N-methyl/N-ethyl adjacent to an activating group) is 1. The molecule has 0 bridgehead atoms. The van der Waals surface area contributed by atoms with Crippen molar-refractivity contribution in [3.63, 3.8) is 0 Å². The van der Waals surface area contributed by atoms with Crippen molar-refractivity contribution >= 4 is 35.0 Å². The first kappa shape index (κ1) is 22.2. The first-order chi connectivity index (χ1) is 14.2. The summed E-state index contributed by atoms with van der Waals surface area (Å²) in [6, 6.07) is -0.993. The smallest absolute Gasteiger partial charge is 0.309 e. The molecule has 0 spiro atoms. The van der Waals surface area contributed by atoms with Crippen LogP contribution in [-0.4, -0.2) is 78.2 Å². The van der Waals surface area contributed by atoms with E-state index in [4.69, 9.17) is 5.73 Å². The molecule has 0 saturated heterocycles. The van der Waals surface area contributed by atoms with E-state index < -0.39 is 23.9 Å². The maximum absolute atomic E-state index is 12.9. The molecule has 11 heteroatoms. The third kappa shape index (κ3) is 4.96. The van der Waals surface area contributed by atoms with Gasteiger partial charge in [0, 0.05) is 50.4 Å². The quantitative estimate of drug-likeness (QED) is 0.523. The Bertz CT molecular complexity index is 854. The molecule has 0 aromatic carbocycles. The molecule has 3 rings (SSSR count). The molecule has 30 heavy (non-hydrogen) atoms. The van der Waals surface area contributed by atoms with Gasteiger partial charge in [0.05, 0.1) is 11.7 Å². The van der Waals surface area contributed by atoms with Gasteiger partial charge in [-0.05, 0) is 26.3 Å². The molecule has 1 aromatic heterocycles. The molecular formula is C19H28N6O4S. The minimum atomic E-state index is -1.08. The number of nitrogens with zero attached hydrogens (tertiary/aromatic N) is 3. The van der Waals surface area contributed by atoms with Crippen LogP contribution in [0.25, 0.3) is 0 Å². The average molecular weight is 437 g/mol. The molecule has 10 nitrogen and oxygen atoms in total. The highest BCUT2D eigenvalue weighted by Crippen LogP contribution is 2.28. The molecule has 1 fully saturated rings. The number of nitrogens with two attached hydrogens (primary N) is 1.